The molecule has 4 nitrogen and oxygen atoms in total. The lowest BCUT2D eigenvalue weighted by Crippen LogP contribution is -2.29. The maximum Gasteiger partial charge on any atom is 0.211 e. The fraction of sp³-hybridized carbons (Fsp3) is 1.00. The molecule has 0 saturated heterocycles. The van der Waals surface area contributed by atoms with E-state index in [1.165, 1.54) is 0 Å². The van der Waals surface area contributed by atoms with Crippen molar-refractivity contribution >= 4 is 21.6 Å². The molecule has 0 saturated carbocycles. The van der Waals surface area contributed by atoms with Crippen molar-refractivity contribution in [3.8, 4) is 0 Å². The van der Waals surface area contributed by atoms with Crippen LogP contribution in [0.5, 0.6) is 0 Å². The van der Waals surface area contributed by atoms with Crippen LogP contribution in [0.4, 0.5) is 0 Å². The molecule has 0 rings (SSSR count). The molecule has 0 heterocycles. The monoisotopic (exact) mass is 229 g/mol. The van der Waals surface area contributed by atoms with Crippen LogP contribution >= 0.6 is 11.6 Å². The third-order valence-corrected chi connectivity index (χ3v) is 3.06. The smallest absolute Gasteiger partial charge is 0.211 e. The van der Waals surface area contributed by atoms with E-state index in [4.69, 9.17) is 16.3 Å². The standard InChI is InChI=1S/C7H16ClNO3S/c1-2-12-6-5-9-13(10,11)7-3-4-8/h9H,2-7H2,1H3. The highest BCUT2D eigenvalue weighted by Crippen LogP contribution is 1.91. The topological polar surface area (TPSA) is 55.4 Å². The highest BCUT2D eigenvalue weighted by Gasteiger charge is 2.07. The average Bonchev–Trinajstić information content (AvgIpc) is 2.09. The van der Waals surface area contributed by atoms with Crippen LogP contribution in [0.15, 0.2) is 0 Å². The number of hydrogen-bond acceptors (Lipinski definition) is 3. The van der Waals surface area contributed by atoms with E-state index < -0.39 is 10.0 Å². The largest absolute Gasteiger partial charge is 0.380 e. The van der Waals surface area contributed by atoms with Gasteiger partial charge in [-0.1, -0.05) is 0 Å². The zero-order valence-corrected chi connectivity index (χ0v) is 9.33. The van der Waals surface area contributed by atoms with E-state index in [-0.39, 0.29) is 5.75 Å². The Bertz CT molecular complexity index is 206. The molecule has 80 valence electrons. The van der Waals surface area contributed by atoms with Gasteiger partial charge in [0.2, 0.25) is 10.0 Å². The Morgan fingerprint density at radius 3 is 2.69 bits per heavy atom. The molecule has 0 aromatic rings. The summed E-state index contributed by atoms with van der Waals surface area (Å²) < 4.78 is 29.7. The molecular weight excluding hydrogens is 214 g/mol. The Morgan fingerprint density at radius 1 is 1.46 bits per heavy atom. The molecule has 0 aromatic carbocycles. The van der Waals surface area contributed by atoms with Gasteiger partial charge in [0.05, 0.1) is 12.4 Å². The number of nitrogens with one attached hydrogen (secondary N) is 1. The molecule has 0 radical (unpaired) electrons. The fourth-order valence-electron chi connectivity index (χ4n) is 0.730. The lowest BCUT2D eigenvalue weighted by Gasteiger charge is -2.05. The first kappa shape index (κ1) is 13.2. The van der Waals surface area contributed by atoms with Crippen LogP contribution in [0.25, 0.3) is 0 Å². The number of hydrogen-bond donors (Lipinski definition) is 1. The van der Waals surface area contributed by atoms with Gasteiger partial charge in [-0.15, -0.1) is 11.6 Å². The maximum atomic E-state index is 11.1. The summed E-state index contributed by atoms with van der Waals surface area (Å²) in [7, 11) is -3.14. The van der Waals surface area contributed by atoms with E-state index in [1.54, 1.807) is 0 Å². The molecule has 0 aromatic heterocycles. The number of rotatable bonds is 8. The molecular formula is C7H16ClNO3S. The zero-order valence-electron chi connectivity index (χ0n) is 7.75. The zero-order chi connectivity index (χ0) is 10.2. The lowest BCUT2D eigenvalue weighted by molar-refractivity contribution is 0.153. The number of alkyl halides is 1. The Hall–Kier alpha value is 0.160. The summed E-state index contributed by atoms with van der Waals surface area (Å²) in [4.78, 5) is 0. The lowest BCUT2D eigenvalue weighted by atomic mass is 10.6. The minimum absolute atomic E-state index is 0.0859. The Morgan fingerprint density at radius 2 is 2.15 bits per heavy atom. The quantitative estimate of drug-likeness (QED) is 0.489. The van der Waals surface area contributed by atoms with Gasteiger partial charge < -0.3 is 4.74 Å². The number of ether oxygens (including phenoxy) is 1. The van der Waals surface area contributed by atoms with Crippen molar-refractivity contribution < 1.29 is 13.2 Å². The van der Waals surface area contributed by atoms with Crippen molar-refractivity contribution in [1.29, 1.82) is 0 Å². The summed E-state index contributed by atoms with van der Waals surface area (Å²) in [6.07, 6.45) is 0.478. The van der Waals surface area contributed by atoms with E-state index in [2.05, 4.69) is 4.72 Å². The third-order valence-electron chi connectivity index (χ3n) is 1.32. The van der Waals surface area contributed by atoms with E-state index >= 15 is 0 Å². The predicted molar refractivity (Wildman–Crippen MR) is 53.6 cm³/mol. The average molecular weight is 230 g/mol. The van der Waals surface area contributed by atoms with E-state index in [0.29, 0.717) is 32.1 Å². The molecule has 0 bridgehead atoms. The van der Waals surface area contributed by atoms with Crippen LogP contribution in [-0.2, 0) is 14.8 Å². The van der Waals surface area contributed by atoms with Crippen molar-refractivity contribution in [2.24, 2.45) is 0 Å². The van der Waals surface area contributed by atoms with Gasteiger partial charge in [0.25, 0.3) is 0 Å². The van der Waals surface area contributed by atoms with Crippen LogP contribution in [-0.4, -0.2) is 39.8 Å². The van der Waals surface area contributed by atoms with Crippen molar-refractivity contribution in [2.75, 3.05) is 31.4 Å². The Balaban J connectivity index is 3.52. The van der Waals surface area contributed by atoms with Crippen molar-refractivity contribution in [2.45, 2.75) is 13.3 Å². The first-order valence-electron chi connectivity index (χ1n) is 4.23. The van der Waals surface area contributed by atoms with E-state index in [1.807, 2.05) is 6.92 Å². The molecule has 1 N–H and O–H groups in total. The number of sulfonamides is 1. The summed E-state index contributed by atoms with van der Waals surface area (Å²) >= 11 is 5.37. The molecule has 0 fully saturated rings. The van der Waals surface area contributed by atoms with E-state index in [0.717, 1.165) is 0 Å². The highest BCUT2D eigenvalue weighted by molar-refractivity contribution is 7.89. The second-order valence-corrected chi connectivity index (χ2v) is 4.76. The van der Waals surface area contributed by atoms with Gasteiger partial charge in [0.15, 0.2) is 0 Å². The molecule has 13 heavy (non-hydrogen) atoms. The molecule has 0 aliphatic rings. The van der Waals surface area contributed by atoms with Crippen molar-refractivity contribution in [1.82, 2.24) is 4.72 Å². The second kappa shape index (κ2) is 7.55. The van der Waals surface area contributed by atoms with E-state index in [9.17, 15) is 8.42 Å². The summed E-state index contributed by atoms with van der Waals surface area (Å²) in [5, 5.41) is 0. The first-order valence-corrected chi connectivity index (χ1v) is 6.42. The molecule has 0 atom stereocenters. The molecule has 0 amide bonds. The maximum absolute atomic E-state index is 11.1. The first-order chi connectivity index (χ1) is 6.12. The van der Waals surface area contributed by atoms with Crippen LogP contribution in [0.2, 0.25) is 0 Å². The van der Waals surface area contributed by atoms with Gasteiger partial charge in [-0.2, -0.15) is 0 Å². The molecule has 6 heteroatoms. The molecule has 0 spiro atoms. The minimum atomic E-state index is -3.14. The molecule has 0 aliphatic heterocycles. The molecule has 0 unspecified atom stereocenters. The second-order valence-electron chi connectivity index (χ2n) is 2.45. The van der Waals surface area contributed by atoms with Gasteiger partial charge in [-0.25, -0.2) is 13.1 Å². The Labute approximate surface area is 84.7 Å². The summed E-state index contributed by atoms with van der Waals surface area (Å²) in [6.45, 7) is 3.21. The van der Waals surface area contributed by atoms with Crippen LogP contribution in [0.3, 0.4) is 0 Å². The number of halogens is 1. The highest BCUT2D eigenvalue weighted by atomic mass is 35.5. The Kier molecular flexibility index (Phi) is 7.65. The molecule has 0 aliphatic carbocycles. The van der Waals surface area contributed by atoms with Crippen molar-refractivity contribution in [3.63, 3.8) is 0 Å². The fourth-order valence-corrected chi connectivity index (χ4v) is 2.09. The summed E-state index contributed by atoms with van der Waals surface area (Å²) in [5.41, 5.74) is 0. The predicted octanol–water partition coefficient (Wildman–Crippen LogP) is 0.571. The van der Waals surface area contributed by atoms with Gasteiger partial charge in [0, 0.05) is 19.0 Å². The van der Waals surface area contributed by atoms with Gasteiger partial charge in [0.1, 0.15) is 0 Å². The van der Waals surface area contributed by atoms with Crippen LogP contribution in [0.1, 0.15) is 13.3 Å². The van der Waals surface area contributed by atoms with Crippen LogP contribution < -0.4 is 4.72 Å². The SMILES string of the molecule is CCOCCNS(=O)(=O)CCCCl. The van der Waals surface area contributed by atoms with Gasteiger partial charge in [-0.3, -0.25) is 0 Å². The normalized spacial score (nSPS) is 11.8. The summed E-state index contributed by atoms with van der Waals surface area (Å²) in [5.74, 6) is 0.453. The van der Waals surface area contributed by atoms with Crippen molar-refractivity contribution in [3.05, 3.63) is 0 Å². The summed E-state index contributed by atoms with van der Waals surface area (Å²) in [6, 6.07) is 0. The third kappa shape index (κ3) is 8.49. The van der Waals surface area contributed by atoms with Gasteiger partial charge >= 0.3 is 0 Å². The van der Waals surface area contributed by atoms with Gasteiger partial charge in [-0.05, 0) is 13.3 Å². The minimum Gasteiger partial charge on any atom is -0.380 e. The van der Waals surface area contributed by atoms with Crippen LogP contribution in [0, 0.1) is 0 Å².